The molecule has 2 rings (SSSR count). The fourth-order valence-electron chi connectivity index (χ4n) is 2.85. The summed E-state index contributed by atoms with van der Waals surface area (Å²) in [5.74, 6) is 0.753. The summed E-state index contributed by atoms with van der Waals surface area (Å²) in [5.41, 5.74) is 6.50. The van der Waals surface area contributed by atoms with Crippen molar-refractivity contribution in [3.8, 4) is 0 Å². The highest BCUT2D eigenvalue weighted by atomic mass is 16.6. The molecule has 0 bridgehead atoms. The number of aliphatic imine (C=N–C) groups is 1. The maximum atomic E-state index is 12.2. The number of ether oxygens (including phenoxy) is 1. The predicted molar refractivity (Wildman–Crippen MR) is 103 cm³/mol. The van der Waals surface area contributed by atoms with Crippen LogP contribution in [0.2, 0.25) is 0 Å². The summed E-state index contributed by atoms with van der Waals surface area (Å²) >= 11 is 0. The smallest absolute Gasteiger partial charge is 0.410 e. The summed E-state index contributed by atoms with van der Waals surface area (Å²) < 4.78 is 5.45. The average molecular weight is 361 g/mol. The first-order chi connectivity index (χ1) is 12.3. The van der Waals surface area contributed by atoms with E-state index in [1.165, 1.54) is 0 Å². The molecule has 1 unspecified atom stereocenters. The summed E-state index contributed by atoms with van der Waals surface area (Å²) in [6.45, 7) is 8.37. The summed E-state index contributed by atoms with van der Waals surface area (Å²) in [4.78, 5) is 22.7. The van der Waals surface area contributed by atoms with Gasteiger partial charge in [-0.15, -0.1) is 0 Å². The number of carbonyl (C=O) groups is 1. The predicted octanol–water partition coefficient (Wildman–Crippen LogP) is 2.18. The largest absolute Gasteiger partial charge is 0.444 e. The fraction of sp³-hybridized carbons (Fsp3) is 0.632. The first-order valence-electron chi connectivity index (χ1n) is 9.25. The van der Waals surface area contributed by atoms with Crippen LogP contribution in [-0.2, 0) is 11.2 Å². The molecule has 7 heteroatoms. The molecular formula is C19H31N5O2. The van der Waals surface area contributed by atoms with E-state index in [2.05, 4.69) is 15.3 Å². The van der Waals surface area contributed by atoms with E-state index in [1.54, 1.807) is 11.1 Å². The molecule has 0 saturated carbocycles. The molecule has 1 aromatic rings. The molecule has 1 aliphatic heterocycles. The van der Waals surface area contributed by atoms with Crippen molar-refractivity contribution in [3.63, 3.8) is 0 Å². The Hall–Kier alpha value is -2.31. The third-order valence-electron chi connectivity index (χ3n) is 4.10. The normalized spacial score (nSPS) is 18.5. The van der Waals surface area contributed by atoms with Crippen LogP contribution in [0.15, 0.2) is 29.4 Å². The van der Waals surface area contributed by atoms with Gasteiger partial charge in [0.2, 0.25) is 0 Å². The molecule has 144 valence electrons. The second kappa shape index (κ2) is 9.40. The van der Waals surface area contributed by atoms with Crippen molar-refractivity contribution >= 4 is 12.1 Å². The lowest BCUT2D eigenvalue weighted by atomic mass is 9.98. The lowest BCUT2D eigenvalue weighted by Crippen LogP contribution is -2.43. The van der Waals surface area contributed by atoms with E-state index in [0.717, 1.165) is 31.5 Å². The first kappa shape index (κ1) is 20.0. The van der Waals surface area contributed by atoms with Crippen LogP contribution >= 0.6 is 0 Å². The number of piperidine rings is 1. The second-order valence-corrected chi connectivity index (χ2v) is 7.66. The van der Waals surface area contributed by atoms with Crippen molar-refractivity contribution < 1.29 is 9.53 Å². The van der Waals surface area contributed by atoms with Crippen LogP contribution in [0, 0.1) is 5.92 Å². The van der Waals surface area contributed by atoms with Crippen molar-refractivity contribution in [2.45, 2.75) is 45.6 Å². The summed E-state index contributed by atoms with van der Waals surface area (Å²) in [6, 6.07) is 5.86. The number of carbonyl (C=O) groups excluding carboxylic acids is 1. The number of amides is 1. The number of nitrogens with zero attached hydrogens (tertiary/aromatic N) is 3. The zero-order valence-corrected chi connectivity index (χ0v) is 16.1. The van der Waals surface area contributed by atoms with Crippen molar-refractivity contribution in [1.82, 2.24) is 15.2 Å². The van der Waals surface area contributed by atoms with Crippen molar-refractivity contribution in [3.05, 3.63) is 30.1 Å². The highest BCUT2D eigenvalue weighted by Crippen LogP contribution is 2.19. The molecule has 7 nitrogen and oxygen atoms in total. The van der Waals surface area contributed by atoms with Crippen LogP contribution in [0.5, 0.6) is 0 Å². The van der Waals surface area contributed by atoms with Crippen molar-refractivity contribution in [2.24, 2.45) is 16.6 Å². The third kappa shape index (κ3) is 7.29. The minimum Gasteiger partial charge on any atom is -0.444 e. The molecule has 0 radical (unpaired) electrons. The molecule has 1 saturated heterocycles. The van der Waals surface area contributed by atoms with Gasteiger partial charge in [-0.25, -0.2) is 4.79 Å². The van der Waals surface area contributed by atoms with Crippen LogP contribution in [0.4, 0.5) is 4.79 Å². The van der Waals surface area contributed by atoms with Crippen LogP contribution < -0.4 is 11.1 Å². The maximum Gasteiger partial charge on any atom is 0.410 e. The summed E-state index contributed by atoms with van der Waals surface area (Å²) in [6.07, 6.45) is 4.35. The number of nitrogens with one attached hydrogen (secondary N) is 1. The van der Waals surface area contributed by atoms with Crippen LogP contribution in [0.3, 0.4) is 0 Å². The SMILES string of the molecule is CC(C)(C)OC(=O)N1CCCC(CN=C(N)NCCc2ccccn2)C1. The molecule has 1 atom stereocenters. The highest BCUT2D eigenvalue weighted by molar-refractivity contribution is 5.77. The van der Waals surface area contributed by atoms with Gasteiger partial charge in [-0.05, 0) is 51.7 Å². The van der Waals surface area contributed by atoms with Crippen LogP contribution in [0.25, 0.3) is 0 Å². The van der Waals surface area contributed by atoms with Gasteiger partial charge in [0.1, 0.15) is 5.60 Å². The molecule has 1 fully saturated rings. The standard InChI is InChI=1S/C19H31N5O2/c1-19(2,3)26-18(25)24-12-6-7-15(14-24)13-23-17(20)22-11-9-16-8-4-5-10-21-16/h4-5,8,10,15H,6-7,9,11-14H2,1-3H3,(H3,20,22,23). The molecule has 1 aromatic heterocycles. The minimum atomic E-state index is -0.468. The number of nitrogens with two attached hydrogens (primary N) is 1. The zero-order chi connectivity index (χ0) is 19.0. The van der Waals surface area contributed by atoms with Gasteiger partial charge in [0.05, 0.1) is 0 Å². The van der Waals surface area contributed by atoms with Gasteiger partial charge in [-0.1, -0.05) is 6.07 Å². The van der Waals surface area contributed by atoms with Crippen LogP contribution in [-0.4, -0.2) is 53.7 Å². The first-order valence-corrected chi connectivity index (χ1v) is 9.25. The Morgan fingerprint density at radius 1 is 1.46 bits per heavy atom. The van der Waals surface area contributed by atoms with Gasteiger partial charge < -0.3 is 20.7 Å². The number of aromatic nitrogens is 1. The van der Waals surface area contributed by atoms with E-state index >= 15 is 0 Å². The number of pyridine rings is 1. The minimum absolute atomic E-state index is 0.243. The molecular weight excluding hydrogens is 330 g/mol. The van der Waals surface area contributed by atoms with E-state index in [0.29, 0.717) is 31.5 Å². The molecule has 3 N–H and O–H groups in total. The number of hydrogen-bond acceptors (Lipinski definition) is 4. The quantitative estimate of drug-likeness (QED) is 0.619. The Morgan fingerprint density at radius 3 is 2.96 bits per heavy atom. The molecule has 0 aromatic carbocycles. The lowest BCUT2D eigenvalue weighted by Gasteiger charge is -2.33. The fourth-order valence-corrected chi connectivity index (χ4v) is 2.85. The third-order valence-corrected chi connectivity index (χ3v) is 4.10. The van der Waals surface area contributed by atoms with Gasteiger partial charge in [0, 0.05) is 44.5 Å². The Labute approximate surface area is 156 Å². The molecule has 1 amide bonds. The zero-order valence-electron chi connectivity index (χ0n) is 16.1. The van der Waals surface area contributed by atoms with E-state index in [4.69, 9.17) is 10.5 Å². The average Bonchev–Trinajstić information content (AvgIpc) is 2.60. The molecule has 0 aliphatic carbocycles. The number of guanidine groups is 1. The Balaban J connectivity index is 1.73. The Kier molecular flexibility index (Phi) is 7.24. The Morgan fingerprint density at radius 2 is 2.27 bits per heavy atom. The van der Waals surface area contributed by atoms with Gasteiger partial charge in [-0.3, -0.25) is 9.98 Å². The second-order valence-electron chi connectivity index (χ2n) is 7.66. The topological polar surface area (TPSA) is 92.8 Å². The Bertz CT molecular complexity index is 598. The van der Waals surface area contributed by atoms with Crippen LogP contribution in [0.1, 0.15) is 39.3 Å². The summed E-state index contributed by atoms with van der Waals surface area (Å²) in [5, 5.41) is 3.12. The lowest BCUT2D eigenvalue weighted by molar-refractivity contribution is 0.0171. The molecule has 0 spiro atoms. The monoisotopic (exact) mass is 361 g/mol. The molecule has 1 aliphatic rings. The van der Waals surface area contributed by atoms with E-state index < -0.39 is 5.60 Å². The van der Waals surface area contributed by atoms with Crippen molar-refractivity contribution in [2.75, 3.05) is 26.2 Å². The van der Waals surface area contributed by atoms with Crippen molar-refractivity contribution in [1.29, 1.82) is 0 Å². The van der Waals surface area contributed by atoms with E-state index in [-0.39, 0.29) is 6.09 Å². The number of hydrogen-bond donors (Lipinski definition) is 2. The number of likely N-dealkylation sites (tertiary alicyclic amines) is 1. The van der Waals surface area contributed by atoms with Gasteiger partial charge >= 0.3 is 6.09 Å². The summed E-state index contributed by atoms with van der Waals surface area (Å²) in [7, 11) is 0. The van der Waals surface area contributed by atoms with Gasteiger partial charge in [0.25, 0.3) is 0 Å². The molecule has 26 heavy (non-hydrogen) atoms. The van der Waals surface area contributed by atoms with E-state index in [9.17, 15) is 4.79 Å². The van der Waals surface area contributed by atoms with Gasteiger partial charge in [0.15, 0.2) is 5.96 Å². The van der Waals surface area contributed by atoms with E-state index in [1.807, 2.05) is 39.0 Å². The number of rotatable bonds is 5. The highest BCUT2D eigenvalue weighted by Gasteiger charge is 2.27. The maximum absolute atomic E-state index is 12.2. The molecule has 2 heterocycles. The van der Waals surface area contributed by atoms with Gasteiger partial charge in [-0.2, -0.15) is 0 Å².